The van der Waals surface area contributed by atoms with Crippen LogP contribution in [-0.2, 0) is 17.8 Å². The van der Waals surface area contributed by atoms with Crippen LogP contribution in [0.15, 0.2) is 90.3 Å². The molecule has 1 unspecified atom stereocenters. The number of halogens is 1. The number of aromatic nitrogens is 1. The topological polar surface area (TPSA) is 71.1 Å². The molecule has 4 aromatic rings. The predicted molar refractivity (Wildman–Crippen MR) is 132 cm³/mol. The summed E-state index contributed by atoms with van der Waals surface area (Å²) in [6, 6.07) is 25.3. The molecule has 0 fully saturated rings. The van der Waals surface area contributed by atoms with Gasteiger partial charge in [-0.3, -0.25) is 9.59 Å². The van der Waals surface area contributed by atoms with Gasteiger partial charge in [0.25, 0.3) is 5.91 Å². The first-order valence-electron chi connectivity index (χ1n) is 10.5. The lowest BCUT2D eigenvalue weighted by Crippen LogP contribution is -2.47. The summed E-state index contributed by atoms with van der Waals surface area (Å²) < 4.78 is 0. The van der Waals surface area contributed by atoms with E-state index in [1.807, 2.05) is 66.0 Å². The smallest absolute Gasteiger partial charge is 0.251 e. The number of thiazole rings is 1. The lowest BCUT2D eigenvalue weighted by atomic mass is 10.0. The zero-order valence-corrected chi connectivity index (χ0v) is 19.3. The fourth-order valence-electron chi connectivity index (χ4n) is 3.32. The van der Waals surface area contributed by atoms with Gasteiger partial charge < -0.3 is 10.6 Å². The van der Waals surface area contributed by atoms with E-state index in [-0.39, 0.29) is 11.8 Å². The molecule has 4 rings (SSSR count). The van der Waals surface area contributed by atoms with Crippen molar-refractivity contribution in [1.82, 2.24) is 15.6 Å². The van der Waals surface area contributed by atoms with Gasteiger partial charge in [-0.15, -0.1) is 11.3 Å². The van der Waals surface area contributed by atoms with Crippen molar-refractivity contribution in [3.63, 3.8) is 0 Å². The zero-order valence-electron chi connectivity index (χ0n) is 17.7. The second-order valence-corrected chi connectivity index (χ2v) is 8.81. The summed E-state index contributed by atoms with van der Waals surface area (Å²) in [5.74, 6) is -0.596. The number of benzene rings is 3. The molecule has 3 aromatic carbocycles. The molecule has 2 N–H and O–H groups in total. The average Bonchev–Trinajstić information content (AvgIpc) is 3.33. The van der Waals surface area contributed by atoms with E-state index in [4.69, 9.17) is 11.6 Å². The summed E-state index contributed by atoms with van der Waals surface area (Å²) >= 11 is 7.41. The summed E-state index contributed by atoms with van der Waals surface area (Å²) in [6.45, 7) is 0.290. The summed E-state index contributed by atoms with van der Waals surface area (Å²) in [5, 5.41) is 9.09. The molecule has 0 radical (unpaired) electrons. The normalized spacial score (nSPS) is 11.5. The van der Waals surface area contributed by atoms with Crippen LogP contribution in [0.5, 0.6) is 0 Å². The Balaban J connectivity index is 1.44. The van der Waals surface area contributed by atoms with Gasteiger partial charge in [0, 0.05) is 28.0 Å². The summed E-state index contributed by atoms with van der Waals surface area (Å²) in [6.07, 6.45) is 0.374. The first-order valence-corrected chi connectivity index (χ1v) is 11.7. The molecular weight excluding hydrogens is 454 g/mol. The molecule has 0 aliphatic heterocycles. The largest absolute Gasteiger partial charge is 0.348 e. The highest BCUT2D eigenvalue weighted by Gasteiger charge is 2.22. The van der Waals surface area contributed by atoms with E-state index in [0.717, 1.165) is 21.8 Å². The molecule has 0 spiro atoms. The second-order valence-electron chi connectivity index (χ2n) is 7.43. The van der Waals surface area contributed by atoms with Gasteiger partial charge >= 0.3 is 0 Å². The van der Waals surface area contributed by atoms with Gasteiger partial charge in [-0.25, -0.2) is 4.98 Å². The van der Waals surface area contributed by atoms with Gasteiger partial charge in [0.05, 0.1) is 12.2 Å². The van der Waals surface area contributed by atoms with Crippen molar-refractivity contribution in [2.75, 3.05) is 0 Å². The molecule has 1 atom stereocenters. The molecule has 0 saturated carbocycles. The van der Waals surface area contributed by atoms with E-state index in [1.54, 1.807) is 24.3 Å². The van der Waals surface area contributed by atoms with Crippen molar-refractivity contribution in [3.05, 3.63) is 111 Å². The van der Waals surface area contributed by atoms with Crippen LogP contribution in [0, 0.1) is 0 Å². The number of carbonyl (C=O) groups excluding carboxylic acids is 2. The number of nitrogens with zero attached hydrogens (tertiary/aromatic N) is 1. The third kappa shape index (κ3) is 6.28. The molecule has 166 valence electrons. The van der Waals surface area contributed by atoms with Gasteiger partial charge in [0.1, 0.15) is 11.0 Å². The van der Waals surface area contributed by atoms with Crippen LogP contribution in [0.2, 0.25) is 5.02 Å². The van der Waals surface area contributed by atoms with E-state index in [1.165, 1.54) is 11.3 Å². The molecule has 0 aliphatic carbocycles. The molecule has 33 heavy (non-hydrogen) atoms. The summed E-state index contributed by atoms with van der Waals surface area (Å²) in [4.78, 5) is 30.4. The number of carbonyl (C=O) groups is 2. The van der Waals surface area contributed by atoms with E-state index in [2.05, 4.69) is 15.6 Å². The number of amides is 2. The first kappa shape index (κ1) is 22.7. The predicted octanol–water partition coefficient (Wildman–Crippen LogP) is 5.12. The van der Waals surface area contributed by atoms with E-state index < -0.39 is 6.04 Å². The fraction of sp³-hybridized carbons (Fsp3) is 0.115. The minimum absolute atomic E-state index is 0.266. The number of nitrogens with one attached hydrogen (secondary N) is 2. The quantitative estimate of drug-likeness (QED) is 0.371. The Kier molecular flexibility index (Phi) is 7.50. The lowest BCUT2D eigenvalue weighted by molar-refractivity contribution is -0.123. The monoisotopic (exact) mass is 475 g/mol. The standard InChI is InChI=1S/C26H22ClN3O2S/c27-21-13-11-20(12-14-21)25(31)30-22(15-18-7-3-1-4-8-18)26(32)28-16-24-29-23(17-33-24)19-9-5-2-6-10-19/h1-14,17,22H,15-16H2,(H,28,32)(H,30,31). The Labute approximate surface area is 201 Å². The Morgan fingerprint density at radius 1 is 0.909 bits per heavy atom. The van der Waals surface area contributed by atoms with Crippen LogP contribution >= 0.6 is 22.9 Å². The third-order valence-electron chi connectivity index (χ3n) is 5.05. The molecule has 7 heteroatoms. The number of hydrogen-bond donors (Lipinski definition) is 2. The molecular formula is C26H22ClN3O2S. The number of rotatable bonds is 8. The van der Waals surface area contributed by atoms with Gasteiger partial charge in [-0.2, -0.15) is 0 Å². The van der Waals surface area contributed by atoms with Crippen LogP contribution in [0.1, 0.15) is 20.9 Å². The Hall–Kier alpha value is -3.48. The van der Waals surface area contributed by atoms with Crippen molar-refractivity contribution in [3.8, 4) is 11.3 Å². The molecule has 1 heterocycles. The minimum atomic E-state index is -0.732. The average molecular weight is 476 g/mol. The highest BCUT2D eigenvalue weighted by molar-refractivity contribution is 7.09. The maximum Gasteiger partial charge on any atom is 0.251 e. The maximum absolute atomic E-state index is 13.0. The van der Waals surface area contributed by atoms with E-state index in [9.17, 15) is 9.59 Å². The summed E-state index contributed by atoms with van der Waals surface area (Å²) in [7, 11) is 0. The van der Waals surface area contributed by atoms with Crippen molar-refractivity contribution in [1.29, 1.82) is 0 Å². The van der Waals surface area contributed by atoms with Gasteiger partial charge in [0.15, 0.2) is 0 Å². The molecule has 5 nitrogen and oxygen atoms in total. The first-order chi connectivity index (χ1) is 16.1. The van der Waals surface area contributed by atoms with Gasteiger partial charge in [0.2, 0.25) is 5.91 Å². The molecule has 0 saturated heterocycles. The van der Waals surface area contributed by atoms with Crippen LogP contribution in [0.25, 0.3) is 11.3 Å². The van der Waals surface area contributed by atoms with Crippen LogP contribution in [0.4, 0.5) is 0 Å². The molecule has 0 aliphatic rings. The van der Waals surface area contributed by atoms with Crippen molar-refractivity contribution in [2.24, 2.45) is 0 Å². The van der Waals surface area contributed by atoms with E-state index in [0.29, 0.717) is 23.6 Å². The zero-order chi connectivity index (χ0) is 23.0. The Morgan fingerprint density at radius 3 is 2.27 bits per heavy atom. The summed E-state index contributed by atoms with van der Waals surface area (Å²) in [5.41, 5.74) is 3.30. The number of hydrogen-bond acceptors (Lipinski definition) is 4. The van der Waals surface area contributed by atoms with Crippen LogP contribution < -0.4 is 10.6 Å². The fourth-order valence-corrected chi connectivity index (χ4v) is 4.19. The SMILES string of the molecule is O=C(NC(Cc1ccccc1)C(=O)NCc1nc(-c2ccccc2)cs1)c1ccc(Cl)cc1. The highest BCUT2D eigenvalue weighted by atomic mass is 35.5. The highest BCUT2D eigenvalue weighted by Crippen LogP contribution is 2.21. The molecule has 0 bridgehead atoms. The van der Waals surface area contributed by atoms with E-state index >= 15 is 0 Å². The van der Waals surface area contributed by atoms with Gasteiger partial charge in [-0.1, -0.05) is 72.3 Å². The molecule has 1 aromatic heterocycles. The molecule has 2 amide bonds. The Morgan fingerprint density at radius 2 is 1.58 bits per heavy atom. The van der Waals surface area contributed by atoms with Gasteiger partial charge in [-0.05, 0) is 29.8 Å². The van der Waals surface area contributed by atoms with Crippen molar-refractivity contribution < 1.29 is 9.59 Å². The van der Waals surface area contributed by atoms with Crippen molar-refractivity contribution >= 4 is 34.8 Å². The second kappa shape index (κ2) is 10.9. The Bertz CT molecular complexity index is 1210. The van der Waals surface area contributed by atoms with Crippen molar-refractivity contribution in [2.45, 2.75) is 19.0 Å². The maximum atomic E-state index is 13.0. The lowest BCUT2D eigenvalue weighted by Gasteiger charge is -2.18. The minimum Gasteiger partial charge on any atom is -0.348 e. The van der Waals surface area contributed by atoms with Crippen LogP contribution in [0.3, 0.4) is 0 Å². The van der Waals surface area contributed by atoms with Crippen LogP contribution in [-0.4, -0.2) is 22.8 Å². The third-order valence-corrected chi connectivity index (χ3v) is 6.15.